The van der Waals surface area contributed by atoms with Crippen LogP contribution in [0.25, 0.3) is 0 Å². The van der Waals surface area contributed by atoms with E-state index in [4.69, 9.17) is 4.74 Å². The van der Waals surface area contributed by atoms with Crippen molar-refractivity contribution in [1.82, 2.24) is 10.6 Å². The fraction of sp³-hybridized carbons (Fsp3) is 0.143. The molecule has 2 rings (SSSR count). The van der Waals surface area contributed by atoms with Gasteiger partial charge in [-0.3, -0.25) is 20.2 Å². The fourth-order valence-corrected chi connectivity index (χ4v) is 2.27. The molecule has 0 radical (unpaired) electrons. The molecule has 0 fully saturated rings. The Kier molecular flexibility index (Phi) is 5.64. The van der Waals surface area contributed by atoms with Crippen molar-refractivity contribution >= 4 is 29.0 Å². The molecule has 2 N–H and O–H groups in total. The Hall–Kier alpha value is -2.94. The predicted molar refractivity (Wildman–Crippen MR) is 83.3 cm³/mol. The Balaban J connectivity index is 1.75. The molecule has 0 atom stereocenters. The zero-order valence-electron chi connectivity index (χ0n) is 11.9. The summed E-state index contributed by atoms with van der Waals surface area (Å²) in [5.41, 5.74) is -0.142. The number of amides is 3. The summed E-state index contributed by atoms with van der Waals surface area (Å²) < 4.78 is 5.12. The second-order valence-corrected chi connectivity index (χ2v) is 5.39. The van der Waals surface area contributed by atoms with E-state index in [1.165, 1.54) is 35.6 Å². The van der Waals surface area contributed by atoms with E-state index in [-0.39, 0.29) is 11.4 Å². The molecule has 0 aliphatic heterocycles. The first-order valence-electron chi connectivity index (χ1n) is 6.52. The number of benzene rings is 1. The van der Waals surface area contributed by atoms with E-state index in [0.717, 1.165) is 4.88 Å². The van der Waals surface area contributed by atoms with Crippen LogP contribution in [0.15, 0.2) is 41.8 Å². The number of rotatable bonds is 6. The normalized spacial score (nSPS) is 9.91. The molecule has 0 unspecified atom stereocenters. The highest BCUT2D eigenvalue weighted by Crippen LogP contribution is 2.18. The van der Waals surface area contributed by atoms with Crippen molar-refractivity contribution in [3.8, 4) is 5.75 Å². The Bertz CT molecular complexity index is 702. The van der Waals surface area contributed by atoms with Gasteiger partial charge in [0.25, 0.3) is 11.6 Å². The van der Waals surface area contributed by atoms with E-state index in [1.807, 2.05) is 17.5 Å². The monoisotopic (exact) mass is 335 g/mol. The van der Waals surface area contributed by atoms with Crippen LogP contribution in [0.3, 0.4) is 0 Å². The van der Waals surface area contributed by atoms with E-state index >= 15 is 0 Å². The molecule has 1 aromatic carbocycles. The summed E-state index contributed by atoms with van der Waals surface area (Å²) in [6.07, 6.45) is 0. The molecule has 0 spiro atoms. The van der Waals surface area contributed by atoms with E-state index in [2.05, 4.69) is 10.6 Å². The highest BCUT2D eigenvalue weighted by molar-refractivity contribution is 7.09. The van der Waals surface area contributed by atoms with Gasteiger partial charge in [0, 0.05) is 10.9 Å². The first-order chi connectivity index (χ1) is 11.0. The standard InChI is InChI=1S/C14H13N3O5S/c18-13(16-14(19)15-8-12-5-2-6-23-12)9-22-11-4-1-3-10(7-11)17(20)21/h1-7H,8-9H2,(H2,15,16,18,19). The number of carbonyl (C=O) groups excluding carboxylic acids is 2. The molecule has 1 heterocycles. The van der Waals surface area contributed by atoms with E-state index < -0.39 is 23.5 Å². The molecule has 23 heavy (non-hydrogen) atoms. The third-order valence-electron chi connectivity index (χ3n) is 2.65. The Labute approximate surface area is 135 Å². The third kappa shape index (κ3) is 5.40. The summed E-state index contributed by atoms with van der Waals surface area (Å²) in [5.74, 6) is -0.478. The van der Waals surface area contributed by atoms with E-state index in [9.17, 15) is 19.7 Å². The lowest BCUT2D eigenvalue weighted by Gasteiger charge is -2.07. The quantitative estimate of drug-likeness (QED) is 0.620. The topological polar surface area (TPSA) is 111 Å². The van der Waals surface area contributed by atoms with Gasteiger partial charge in [-0.2, -0.15) is 0 Å². The van der Waals surface area contributed by atoms with Crippen LogP contribution in [-0.2, 0) is 11.3 Å². The maximum atomic E-state index is 11.6. The van der Waals surface area contributed by atoms with Crippen LogP contribution < -0.4 is 15.4 Å². The van der Waals surface area contributed by atoms with Gasteiger partial charge in [0.1, 0.15) is 5.75 Å². The summed E-state index contributed by atoms with van der Waals surface area (Å²) in [6.45, 7) is -0.101. The molecule has 120 valence electrons. The number of imide groups is 1. The van der Waals surface area contributed by atoms with Crippen LogP contribution in [0.1, 0.15) is 4.88 Å². The number of nitro benzene ring substituents is 1. The molecule has 2 aromatic rings. The van der Waals surface area contributed by atoms with Gasteiger partial charge in [0.15, 0.2) is 6.61 Å². The molecule has 0 saturated heterocycles. The lowest BCUT2D eigenvalue weighted by Crippen LogP contribution is -2.41. The number of ether oxygens (including phenoxy) is 1. The minimum absolute atomic E-state index is 0.142. The highest BCUT2D eigenvalue weighted by atomic mass is 32.1. The van der Waals surface area contributed by atoms with Crippen LogP contribution in [0.2, 0.25) is 0 Å². The second-order valence-electron chi connectivity index (χ2n) is 4.35. The zero-order valence-corrected chi connectivity index (χ0v) is 12.7. The number of carbonyl (C=O) groups is 2. The molecular formula is C14H13N3O5S. The fourth-order valence-electron chi connectivity index (χ4n) is 1.62. The summed E-state index contributed by atoms with van der Waals surface area (Å²) in [6, 6.07) is 8.52. The molecule has 0 bridgehead atoms. The predicted octanol–water partition coefficient (Wildman–Crippen LogP) is 2.06. The third-order valence-corrected chi connectivity index (χ3v) is 3.53. The molecule has 8 nitrogen and oxygen atoms in total. The average molecular weight is 335 g/mol. The molecule has 1 aromatic heterocycles. The van der Waals surface area contributed by atoms with Crippen LogP contribution in [0.4, 0.5) is 10.5 Å². The lowest BCUT2D eigenvalue weighted by atomic mass is 10.3. The minimum atomic E-state index is -0.653. The van der Waals surface area contributed by atoms with Crippen molar-refractivity contribution in [2.75, 3.05) is 6.61 Å². The number of thiophene rings is 1. The number of urea groups is 1. The van der Waals surface area contributed by atoms with Crippen LogP contribution >= 0.6 is 11.3 Å². The first kappa shape index (κ1) is 16.4. The average Bonchev–Trinajstić information content (AvgIpc) is 3.04. The van der Waals surface area contributed by atoms with Crippen molar-refractivity contribution < 1.29 is 19.2 Å². The van der Waals surface area contributed by atoms with Gasteiger partial charge in [0.05, 0.1) is 17.5 Å². The number of nitrogens with zero attached hydrogens (tertiary/aromatic N) is 1. The van der Waals surface area contributed by atoms with E-state index in [0.29, 0.717) is 6.54 Å². The molecule has 0 aliphatic rings. The number of nitrogens with one attached hydrogen (secondary N) is 2. The molecular weight excluding hydrogens is 322 g/mol. The van der Waals surface area contributed by atoms with Crippen molar-refractivity contribution in [1.29, 1.82) is 0 Å². The van der Waals surface area contributed by atoms with E-state index in [1.54, 1.807) is 0 Å². The number of hydrogen-bond acceptors (Lipinski definition) is 6. The molecule has 0 aliphatic carbocycles. The van der Waals surface area contributed by atoms with Gasteiger partial charge in [-0.25, -0.2) is 4.79 Å². The maximum Gasteiger partial charge on any atom is 0.321 e. The van der Waals surface area contributed by atoms with Crippen molar-refractivity contribution in [3.63, 3.8) is 0 Å². The number of non-ortho nitro benzene ring substituents is 1. The summed E-state index contributed by atoms with van der Waals surface area (Å²) in [4.78, 5) is 34.1. The van der Waals surface area contributed by atoms with Gasteiger partial charge in [-0.05, 0) is 17.5 Å². The summed E-state index contributed by atoms with van der Waals surface area (Å²) in [5, 5.41) is 17.1. The largest absolute Gasteiger partial charge is 0.484 e. The minimum Gasteiger partial charge on any atom is -0.484 e. The van der Waals surface area contributed by atoms with Gasteiger partial charge >= 0.3 is 6.03 Å². The smallest absolute Gasteiger partial charge is 0.321 e. The zero-order chi connectivity index (χ0) is 16.7. The van der Waals surface area contributed by atoms with Gasteiger partial charge in [-0.15, -0.1) is 11.3 Å². The van der Waals surface area contributed by atoms with Gasteiger partial charge in [0.2, 0.25) is 0 Å². The summed E-state index contributed by atoms with van der Waals surface area (Å²) in [7, 11) is 0. The highest BCUT2D eigenvalue weighted by Gasteiger charge is 2.10. The first-order valence-corrected chi connectivity index (χ1v) is 7.40. The molecule has 3 amide bonds. The molecule has 0 saturated carbocycles. The Morgan fingerprint density at radius 2 is 2.09 bits per heavy atom. The number of hydrogen-bond donors (Lipinski definition) is 2. The van der Waals surface area contributed by atoms with Crippen molar-refractivity contribution in [2.45, 2.75) is 6.54 Å². The van der Waals surface area contributed by atoms with Crippen LogP contribution in [0, 0.1) is 10.1 Å². The number of nitro groups is 1. The maximum absolute atomic E-state index is 11.6. The van der Waals surface area contributed by atoms with Crippen molar-refractivity contribution in [3.05, 3.63) is 56.8 Å². The van der Waals surface area contributed by atoms with Crippen LogP contribution in [-0.4, -0.2) is 23.5 Å². The summed E-state index contributed by atoms with van der Waals surface area (Å²) >= 11 is 1.49. The Morgan fingerprint density at radius 3 is 2.78 bits per heavy atom. The second kappa shape index (κ2) is 7.90. The molecule has 9 heteroatoms. The van der Waals surface area contributed by atoms with Gasteiger partial charge in [-0.1, -0.05) is 12.1 Å². The van der Waals surface area contributed by atoms with Crippen LogP contribution in [0.5, 0.6) is 5.75 Å². The van der Waals surface area contributed by atoms with Crippen molar-refractivity contribution in [2.24, 2.45) is 0 Å². The lowest BCUT2D eigenvalue weighted by molar-refractivity contribution is -0.384. The SMILES string of the molecule is O=C(COc1cccc([N+](=O)[O-])c1)NC(=O)NCc1cccs1. The Morgan fingerprint density at radius 1 is 1.26 bits per heavy atom. The van der Waals surface area contributed by atoms with Gasteiger partial charge < -0.3 is 10.1 Å².